The van der Waals surface area contributed by atoms with Crippen LogP contribution in [0.2, 0.25) is 0 Å². The van der Waals surface area contributed by atoms with Crippen molar-refractivity contribution in [2.45, 2.75) is 33.1 Å². The van der Waals surface area contributed by atoms with Gasteiger partial charge in [0.05, 0.1) is 12.7 Å². The highest BCUT2D eigenvalue weighted by Gasteiger charge is 2.08. The van der Waals surface area contributed by atoms with E-state index in [2.05, 4.69) is 20.6 Å². The average molecular weight is 365 g/mol. The van der Waals surface area contributed by atoms with Crippen LogP contribution in [0.3, 0.4) is 0 Å². The summed E-state index contributed by atoms with van der Waals surface area (Å²) in [5.41, 5.74) is 2.68. The maximum atomic E-state index is 12.2. The number of ether oxygens (including phenoxy) is 1. The fourth-order valence-electron chi connectivity index (χ4n) is 2.48. The van der Waals surface area contributed by atoms with E-state index in [0.29, 0.717) is 13.2 Å². The first-order valence-electron chi connectivity index (χ1n) is 8.79. The van der Waals surface area contributed by atoms with Crippen LogP contribution in [-0.2, 0) is 17.9 Å². The summed E-state index contributed by atoms with van der Waals surface area (Å²) in [5, 5.41) is 5.68. The number of carbonyl (C=O) groups excluding carboxylic acids is 1. The van der Waals surface area contributed by atoms with Crippen LogP contribution >= 0.6 is 0 Å². The molecule has 2 aromatic heterocycles. The normalized spacial score (nSPS) is 10.8. The van der Waals surface area contributed by atoms with Crippen molar-refractivity contribution in [1.82, 2.24) is 19.9 Å². The van der Waals surface area contributed by atoms with Gasteiger partial charge < -0.3 is 15.4 Å². The minimum Gasteiger partial charge on any atom is -0.374 e. The summed E-state index contributed by atoms with van der Waals surface area (Å²) in [4.78, 5) is 20.6. The molecule has 1 aromatic carbocycles. The van der Waals surface area contributed by atoms with Crippen molar-refractivity contribution >= 4 is 11.7 Å². The van der Waals surface area contributed by atoms with Gasteiger partial charge in [0.25, 0.3) is 0 Å². The molecule has 2 N–H and O–H groups in total. The zero-order valence-corrected chi connectivity index (χ0v) is 15.4. The van der Waals surface area contributed by atoms with Gasteiger partial charge in [-0.05, 0) is 37.6 Å². The van der Waals surface area contributed by atoms with Crippen LogP contribution in [0.1, 0.15) is 25.0 Å². The Morgan fingerprint density at radius 2 is 2.00 bits per heavy atom. The fraction of sp³-hybridized carbons (Fsp3) is 0.250. The van der Waals surface area contributed by atoms with E-state index < -0.39 is 0 Å². The SMILES string of the molecule is CC(C)OCc1ccc(NC(=O)NCc2cccnc2-n2ccnc2)cc1. The van der Waals surface area contributed by atoms with E-state index in [1.807, 2.05) is 61.0 Å². The first kappa shape index (κ1) is 18.6. The number of amides is 2. The number of carbonyl (C=O) groups is 1. The Kier molecular flexibility index (Phi) is 6.17. The molecule has 0 fully saturated rings. The average Bonchev–Trinajstić information content (AvgIpc) is 3.20. The monoisotopic (exact) mass is 365 g/mol. The fourth-order valence-corrected chi connectivity index (χ4v) is 2.48. The van der Waals surface area contributed by atoms with E-state index in [-0.39, 0.29) is 12.1 Å². The smallest absolute Gasteiger partial charge is 0.319 e. The van der Waals surface area contributed by atoms with Gasteiger partial charge in [-0.25, -0.2) is 14.8 Å². The molecule has 0 saturated heterocycles. The second-order valence-electron chi connectivity index (χ2n) is 6.32. The highest BCUT2D eigenvalue weighted by molar-refractivity contribution is 5.89. The van der Waals surface area contributed by atoms with Crippen molar-refractivity contribution in [1.29, 1.82) is 0 Å². The third-order valence-corrected chi connectivity index (χ3v) is 3.85. The zero-order valence-electron chi connectivity index (χ0n) is 15.4. The van der Waals surface area contributed by atoms with E-state index >= 15 is 0 Å². The predicted molar refractivity (Wildman–Crippen MR) is 104 cm³/mol. The van der Waals surface area contributed by atoms with Crippen LogP contribution in [0, 0.1) is 0 Å². The number of hydrogen-bond acceptors (Lipinski definition) is 4. The molecule has 140 valence electrons. The molecule has 27 heavy (non-hydrogen) atoms. The highest BCUT2D eigenvalue weighted by atomic mass is 16.5. The maximum absolute atomic E-state index is 12.2. The van der Waals surface area contributed by atoms with Crippen LogP contribution in [0.5, 0.6) is 0 Å². The molecule has 0 aliphatic rings. The van der Waals surface area contributed by atoms with E-state index in [9.17, 15) is 4.79 Å². The van der Waals surface area contributed by atoms with E-state index in [1.165, 1.54) is 0 Å². The first-order chi connectivity index (χ1) is 13.1. The lowest BCUT2D eigenvalue weighted by atomic mass is 10.2. The Morgan fingerprint density at radius 3 is 2.70 bits per heavy atom. The molecule has 2 heterocycles. The molecule has 0 aliphatic carbocycles. The minimum absolute atomic E-state index is 0.188. The zero-order chi connectivity index (χ0) is 19.1. The molecular formula is C20H23N5O2. The maximum Gasteiger partial charge on any atom is 0.319 e. The summed E-state index contributed by atoms with van der Waals surface area (Å²) in [6.07, 6.45) is 7.08. The van der Waals surface area contributed by atoms with Gasteiger partial charge in [0.2, 0.25) is 0 Å². The Morgan fingerprint density at radius 1 is 1.19 bits per heavy atom. The summed E-state index contributed by atoms with van der Waals surface area (Å²) >= 11 is 0. The van der Waals surface area contributed by atoms with Crippen molar-refractivity contribution in [3.8, 4) is 5.82 Å². The van der Waals surface area contributed by atoms with Crippen molar-refractivity contribution in [3.63, 3.8) is 0 Å². The number of hydrogen-bond donors (Lipinski definition) is 2. The van der Waals surface area contributed by atoms with Gasteiger partial charge in [0.15, 0.2) is 0 Å². The van der Waals surface area contributed by atoms with E-state index in [4.69, 9.17) is 4.74 Å². The number of anilines is 1. The highest BCUT2D eigenvalue weighted by Crippen LogP contribution is 2.12. The van der Waals surface area contributed by atoms with E-state index in [0.717, 1.165) is 22.6 Å². The molecule has 0 bridgehead atoms. The number of aromatic nitrogens is 3. The molecule has 0 saturated carbocycles. The Hall–Kier alpha value is -3.19. The molecule has 0 unspecified atom stereocenters. The van der Waals surface area contributed by atoms with E-state index in [1.54, 1.807) is 18.7 Å². The van der Waals surface area contributed by atoms with Gasteiger partial charge in [-0.15, -0.1) is 0 Å². The van der Waals surface area contributed by atoms with Crippen LogP contribution in [0.25, 0.3) is 5.82 Å². The molecule has 2 amide bonds. The lowest BCUT2D eigenvalue weighted by Crippen LogP contribution is -2.28. The van der Waals surface area contributed by atoms with Crippen LogP contribution in [0.4, 0.5) is 10.5 Å². The van der Waals surface area contributed by atoms with Gasteiger partial charge in [-0.2, -0.15) is 0 Å². The molecule has 3 aromatic rings. The lowest BCUT2D eigenvalue weighted by molar-refractivity contribution is 0.0657. The number of nitrogens with zero attached hydrogens (tertiary/aromatic N) is 3. The number of rotatable bonds is 7. The van der Waals surface area contributed by atoms with Gasteiger partial charge in [-0.3, -0.25) is 4.57 Å². The second kappa shape index (κ2) is 8.95. The van der Waals surface area contributed by atoms with Crippen molar-refractivity contribution in [3.05, 3.63) is 72.4 Å². The van der Waals surface area contributed by atoms with Gasteiger partial charge >= 0.3 is 6.03 Å². The molecule has 0 atom stereocenters. The molecule has 7 heteroatoms. The van der Waals surface area contributed by atoms with Crippen LogP contribution < -0.4 is 10.6 Å². The van der Waals surface area contributed by atoms with Gasteiger partial charge in [-0.1, -0.05) is 18.2 Å². The summed E-state index contributed by atoms with van der Waals surface area (Å²) in [6, 6.07) is 11.1. The third kappa shape index (κ3) is 5.39. The Bertz CT molecular complexity index is 860. The predicted octanol–water partition coefficient (Wildman–Crippen LogP) is 3.51. The number of nitrogens with one attached hydrogen (secondary N) is 2. The number of pyridine rings is 1. The minimum atomic E-state index is -0.276. The topological polar surface area (TPSA) is 81.1 Å². The quantitative estimate of drug-likeness (QED) is 0.671. The van der Waals surface area contributed by atoms with Crippen molar-refractivity contribution in [2.24, 2.45) is 0 Å². The first-order valence-corrected chi connectivity index (χ1v) is 8.79. The molecule has 0 radical (unpaired) electrons. The number of urea groups is 1. The van der Waals surface area contributed by atoms with Crippen molar-refractivity contribution < 1.29 is 9.53 Å². The number of imidazole rings is 1. The summed E-state index contributed by atoms with van der Waals surface area (Å²) in [6.45, 7) is 4.91. The van der Waals surface area contributed by atoms with Crippen molar-refractivity contribution in [2.75, 3.05) is 5.32 Å². The molecular weight excluding hydrogens is 342 g/mol. The second-order valence-corrected chi connectivity index (χ2v) is 6.32. The molecule has 7 nitrogen and oxygen atoms in total. The molecule has 3 rings (SSSR count). The summed E-state index contributed by atoms with van der Waals surface area (Å²) < 4.78 is 7.38. The Balaban J connectivity index is 1.55. The standard InChI is InChI=1S/C20H23N5O2/c1-15(2)27-13-16-5-7-18(8-6-16)24-20(26)23-12-17-4-3-9-22-19(17)25-11-10-21-14-25/h3-11,14-15H,12-13H2,1-2H3,(H2,23,24,26). The summed E-state index contributed by atoms with van der Waals surface area (Å²) in [7, 11) is 0. The largest absolute Gasteiger partial charge is 0.374 e. The molecule has 0 spiro atoms. The summed E-state index contributed by atoms with van der Waals surface area (Å²) in [5.74, 6) is 0.741. The van der Waals surface area contributed by atoms with Gasteiger partial charge in [0.1, 0.15) is 12.1 Å². The number of benzene rings is 1. The Labute approximate surface area is 158 Å². The third-order valence-electron chi connectivity index (χ3n) is 3.85. The lowest BCUT2D eigenvalue weighted by Gasteiger charge is -2.12. The van der Waals surface area contributed by atoms with Gasteiger partial charge in [0, 0.05) is 36.4 Å². The van der Waals surface area contributed by atoms with Crippen LogP contribution in [-0.4, -0.2) is 26.7 Å². The molecule has 0 aliphatic heterocycles. The van der Waals surface area contributed by atoms with Crippen LogP contribution in [0.15, 0.2) is 61.3 Å².